The fraction of sp³-hybridized carbons (Fsp3) is 0.381. The molecular weight excluding hydrogens is 268 g/mol. The van der Waals surface area contributed by atoms with E-state index in [0.717, 1.165) is 24.2 Å². The summed E-state index contributed by atoms with van der Waals surface area (Å²) >= 11 is 0. The zero-order valence-corrected chi connectivity index (χ0v) is 13.3. The van der Waals surface area contributed by atoms with Crippen molar-refractivity contribution >= 4 is 6.29 Å². The van der Waals surface area contributed by atoms with Gasteiger partial charge in [-0.25, -0.2) is 0 Å². The summed E-state index contributed by atoms with van der Waals surface area (Å²) in [6, 6.07) is 17.3. The number of rotatable bonds is 4. The Bertz CT molecular complexity index is 601. The van der Waals surface area contributed by atoms with Gasteiger partial charge in [-0.2, -0.15) is 0 Å². The van der Waals surface area contributed by atoms with Gasteiger partial charge in [0.2, 0.25) is 0 Å². The molecule has 114 valence electrons. The van der Waals surface area contributed by atoms with Gasteiger partial charge in [-0.1, -0.05) is 55.5 Å². The SMILES string of the molecule is CCc1ccc(C2CCC(c3ccc(C=O)cc3)CC2)cc1. The molecule has 1 aliphatic carbocycles. The van der Waals surface area contributed by atoms with E-state index in [1.54, 1.807) is 0 Å². The van der Waals surface area contributed by atoms with E-state index in [1.807, 2.05) is 12.1 Å². The summed E-state index contributed by atoms with van der Waals surface area (Å²) in [6.45, 7) is 2.20. The Morgan fingerprint density at radius 2 is 1.27 bits per heavy atom. The Kier molecular flexibility index (Phi) is 4.72. The second kappa shape index (κ2) is 6.91. The first-order chi connectivity index (χ1) is 10.8. The highest BCUT2D eigenvalue weighted by molar-refractivity contribution is 5.74. The third-order valence-corrected chi connectivity index (χ3v) is 5.13. The van der Waals surface area contributed by atoms with Crippen LogP contribution in [0.2, 0.25) is 0 Å². The molecule has 0 aromatic heterocycles. The third-order valence-electron chi connectivity index (χ3n) is 5.13. The molecule has 1 fully saturated rings. The maximum atomic E-state index is 10.7. The smallest absolute Gasteiger partial charge is 0.150 e. The number of hydrogen-bond donors (Lipinski definition) is 0. The quantitative estimate of drug-likeness (QED) is 0.680. The van der Waals surface area contributed by atoms with Crippen molar-refractivity contribution in [3.8, 4) is 0 Å². The van der Waals surface area contributed by atoms with Gasteiger partial charge in [0.1, 0.15) is 6.29 Å². The van der Waals surface area contributed by atoms with Crippen LogP contribution in [0.5, 0.6) is 0 Å². The lowest BCUT2D eigenvalue weighted by atomic mass is 9.76. The highest BCUT2D eigenvalue weighted by Crippen LogP contribution is 2.40. The molecule has 0 heterocycles. The van der Waals surface area contributed by atoms with Gasteiger partial charge in [-0.15, -0.1) is 0 Å². The van der Waals surface area contributed by atoms with Gasteiger partial charge in [0.25, 0.3) is 0 Å². The van der Waals surface area contributed by atoms with Crippen molar-refractivity contribution in [1.82, 2.24) is 0 Å². The van der Waals surface area contributed by atoms with Crippen LogP contribution >= 0.6 is 0 Å². The monoisotopic (exact) mass is 292 g/mol. The Balaban J connectivity index is 1.62. The van der Waals surface area contributed by atoms with Gasteiger partial charge in [-0.05, 0) is 60.6 Å². The predicted octanol–water partition coefficient (Wildman–Crippen LogP) is 5.50. The summed E-state index contributed by atoms with van der Waals surface area (Å²) in [5.41, 5.74) is 5.10. The lowest BCUT2D eigenvalue weighted by Gasteiger charge is -2.29. The number of carbonyl (C=O) groups excluding carboxylic acids is 1. The number of hydrogen-bond acceptors (Lipinski definition) is 1. The first kappa shape index (κ1) is 15.0. The van der Waals surface area contributed by atoms with Gasteiger partial charge >= 0.3 is 0 Å². The molecule has 1 nitrogen and oxygen atoms in total. The maximum absolute atomic E-state index is 10.7. The largest absolute Gasteiger partial charge is 0.298 e. The minimum atomic E-state index is 0.659. The van der Waals surface area contributed by atoms with Crippen LogP contribution in [-0.4, -0.2) is 6.29 Å². The van der Waals surface area contributed by atoms with Gasteiger partial charge in [0.15, 0.2) is 0 Å². The number of benzene rings is 2. The summed E-state index contributed by atoms with van der Waals surface area (Å²) < 4.78 is 0. The van der Waals surface area contributed by atoms with Crippen molar-refractivity contribution in [1.29, 1.82) is 0 Å². The summed E-state index contributed by atoms with van der Waals surface area (Å²) in [7, 11) is 0. The van der Waals surface area contributed by atoms with Crippen molar-refractivity contribution in [3.63, 3.8) is 0 Å². The topological polar surface area (TPSA) is 17.1 Å². The molecule has 22 heavy (non-hydrogen) atoms. The van der Waals surface area contributed by atoms with E-state index in [0.29, 0.717) is 5.92 Å². The van der Waals surface area contributed by atoms with Crippen LogP contribution in [0, 0.1) is 0 Å². The Labute approximate surface area is 133 Å². The molecule has 0 unspecified atom stereocenters. The molecule has 3 rings (SSSR count). The summed E-state index contributed by atoms with van der Waals surface area (Å²) in [5, 5.41) is 0. The normalized spacial score (nSPS) is 21.5. The molecule has 1 heteroatoms. The average molecular weight is 292 g/mol. The number of aldehydes is 1. The molecule has 0 amide bonds. The molecule has 0 bridgehead atoms. The predicted molar refractivity (Wildman–Crippen MR) is 91.6 cm³/mol. The number of carbonyl (C=O) groups is 1. The van der Waals surface area contributed by atoms with Crippen LogP contribution in [0.3, 0.4) is 0 Å². The standard InChI is InChI=1S/C21H24O/c1-2-16-3-7-18(8-4-16)20-11-13-21(14-12-20)19-9-5-17(15-22)6-10-19/h3-10,15,20-21H,2,11-14H2,1H3. The first-order valence-corrected chi connectivity index (χ1v) is 8.44. The molecule has 1 aliphatic rings. The summed E-state index contributed by atoms with van der Waals surface area (Å²) in [6.07, 6.45) is 7.07. The van der Waals surface area contributed by atoms with E-state index in [9.17, 15) is 4.79 Å². The van der Waals surface area contributed by atoms with Crippen LogP contribution in [0.4, 0.5) is 0 Å². The van der Waals surface area contributed by atoms with Crippen LogP contribution in [-0.2, 0) is 6.42 Å². The third kappa shape index (κ3) is 3.30. The van der Waals surface area contributed by atoms with Crippen molar-refractivity contribution in [2.24, 2.45) is 0 Å². The lowest BCUT2D eigenvalue weighted by Crippen LogP contribution is -2.12. The van der Waals surface area contributed by atoms with Crippen LogP contribution in [0.1, 0.15) is 71.5 Å². The molecule has 0 spiro atoms. The molecule has 0 saturated heterocycles. The molecule has 1 saturated carbocycles. The fourth-order valence-electron chi connectivity index (χ4n) is 3.63. The van der Waals surface area contributed by atoms with Gasteiger partial charge in [-0.3, -0.25) is 4.79 Å². The average Bonchev–Trinajstić information content (AvgIpc) is 2.62. The van der Waals surface area contributed by atoms with E-state index in [1.165, 1.54) is 42.4 Å². The molecule has 0 radical (unpaired) electrons. The number of aryl methyl sites for hydroxylation is 1. The van der Waals surface area contributed by atoms with Crippen molar-refractivity contribution < 1.29 is 4.79 Å². The van der Waals surface area contributed by atoms with E-state index < -0.39 is 0 Å². The Morgan fingerprint density at radius 3 is 1.68 bits per heavy atom. The summed E-state index contributed by atoms with van der Waals surface area (Å²) in [5.74, 6) is 1.38. The van der Waals surface area contributed by atoms with E-state index in [4.69, 9.17) is 0 Å². The van der Waals surface area contributed by atoms with Crippen LogP contribution in [0.15, 0.2) is 48.5 Å². The molecule has 0 N–H and O–H groups in total. The molecule has 2 aromatic rings. The van der Waals surface area contributed by atoms with E-state index >= 15 is 0 Å². The van der Waals surface area contributed by atoms with Crippen molar-refractivity contribution in [3.05, 3.63) is 70.8 Å². The van der Waals surface area contributed by atoms with E-state index in [-0.39, 0.29) is 0 Å². The zero-order chi connectivity index (χ0) is 15.4. The molecule has 0 aliphatic heterocycles. The molecule has 2 aromatic carbocycles. The molecular formula is C21H24O. The highest BCUT2D eigenvalue weighted by atomic mass is 16.1. The van der Waals surface area contributed by atoms with Gasteiger partial charge < -0.3 is 0 Å². The minimum absolute atomic E-state index is 0.659. The Hall–Kier alpha value is -1.89. The Morgan fingerprint density at radius 1 is 0.818 bits per heavy atom. The maximum Gasteiger partial charge on any atom is 0.150 e. The second-order valence-corrected chi connectivity index (χ2v) is 6.43. The fourth-order valence-corrected chi connectivity index (χ4v) is 3.63. The van der Waals surface area contributed by atoms with Crippen molar-refractivity contribution in [2.45, 2.75) is 50.9 Å². The van der Waals surface area contributed by atoms with E-state index in [2.05, 4.69) is 43.3 Å². The van der Waals surface area contributed by atoms with Crippen LogP contribution in [0.25, 0.3) is 0 Å². The molecule has 0 atom stereocenters. The highest BCUT2D eigenvalue weighted by Gasteiger charge is 2.23. The first-order valence-electron chi connectivity index (χ1n) is 8.44. The minimum Gasteiger partial charge on any atom is -0.298 e. The van der Waals surface area contributed by atoms with Crippen LogP contribution < -0.4 is 0 Å². The van der Waals surface area contributed by atoms with Crippen molar-refractivity contribution in [2.75, 3.05) is 0 Å². The summed E-state index contributed by atoms with van der Waals surface area (Å²) in [4.78, 5) is 10.7. The lowest BCUT2D eigenvalue weighted by molar-refractivity contribution is 0.112. The van der Waals surface area contributed by atoms with Gasteiger partial charge in [0.05, 0.1) is 0 Å². The zero-order valence-electron chi connectivity index (χ0n) is 13.3. The van der Waals surface area contributed by atoms with Gasteiger partial charge in [0, 0.05) is 5.56 Å². The second-order valence-electron chi connectivity index (χ2n) is 6.43.